The van der Waals surface area contributed by atoms with Crippen molar-refractivity contribution in [2.45, 2.75) is 56.8 Å². The summed E-state index contributed by atoms with van der Waals surface area (Å²) in [6, 6.07) is 36.0. The molecule has 5 heterocycles. The largest absolute Gasteiger partial charge is 0.506 e. The van der Waals surface area contributed by atoms with E-state index in [1.165, 1.54) is 29.0 Å². The first-order chi connectivity index (χ1) is 34.5. The molecule has 0 saturated carbocycles. The fourth-order valence-electron chi connectivity index (χ4n) is 10.2. The Balaban J connectivity index is 0.00000693. The SMILES string of the molecule is O=C(c1ccc(C(=O)N2CCC(COc3cccc([C@](O)(C(=O)OCC4CCN(Cc5ccccc5)CC4)c4ccccc4)c3)CC2)s1)N1CCC(CNC[C@H](O)c2ccc(O)c3[nH]c(=O)ccc23)CC1.S. The third kappa shape index (κ3) is 12.4. The number of H-pyrrole nitrogens is 1. The molecule has 9 rings (SSSR count). The molecule has 5 N–H and O–H groups in total. The van der Waals surface area contributed by atoms with Crippen LogP contribution < -0.4 is 15.6 Å². The number of thiophene rings is 1. The molecule has 3 fully saturated rings. The van der Waals surface area contributed by atoms with Crippen LogP contribution in [0.25, 0.3) is 10.9 Å². The highest BCUT2D eigenvalue weighted by Gasteiger charge is 2.42. The van der Waals surface area contributed by atoms with Crippen LogP contribution in [0.15, 0.2) is 126 Å². The Bertz CT molecular complexity index is 2820. The number of carbonyl (C=O) groups excluding carboxylic acids is 3. The lowest BCUT2D eigenvalue weighted by Gasteiger charge is -2.33. The van der Waals surface area contributed by atoms with Gasteiger partial charge in [0.25, 0.3) is 11.8 Å². The fraction of sp³-hybridized carbons (Fsp3) is 0.393. The number of aliphatic hydroxyl groups excluding tert-OH is 1. The highest BCUT2D eigenvalue weighted by Crippen LogP contribution is 2.35. The van der Waals surface area contributed by atoms with E-state index in [-0.39, 0.29) is 55.1 Å². The number of aliphatic hydroxyl groups is 2. The average Bonchev–Trinajstić information content (AvgIpc) is 3.91. The number of nitrogens with one attached hydrogen (secondary N) is 2. The number of pyridine rings is 1. The number of benzene rings is 4. The Morgan fingerprint density at radius 1 is 0.708 bits per heavy atom. The third-order valence-electron chi connectivity index (χ3n) is 14.5. The van der Waals surface area contributed by atoms with Crippen LogP contribution in [-0.2, 0) is 21.7 Å². The summed E-state index contributed by atoms with van der Waals surface area (Å²) < 4.78 is 12.2. The summed E-state index contributed by atoms with van der Waals surface area (Å²) in [5, 5.41) is 37.3. The molecule has 0 unspecified atom stereocenters. The summed E-state index contributed by atoms with van der Waals surface area (Å²) in [7, 11) is 0. The van der Waals surface area contributed by atoms with Gasteiger partial charge in [-0.15, -0.1) is 11.3 Å². The van der Waals surface area contributed by atoms with Crippen molar-refractivity contribution in [1.82, 2.24) is 25.0 Å². The van der Waals surface area contributed by atoms with E-state index >= 15 is 0 Å². The van der Waals surface area contributed by atoms with E-state index in [0.29, 0.717) is 94.9 Å². The molecule has 2 amide bonds. The zero-order valence-electron chi connectivity index (χ0n) is 40.4. The number of likely N-dealkylation sites (tertiary alicyclic amines) is 3. The molecule has 2 atom stereocenters. The van der Waals surface area contributed by atoms with Crippen molar-refractivity contribution < 1.29 is 39.2 Å². The molecule has 6 aromatic rings. The zero-order valence-corrected chi connectivity index (χ0v) is 42.2. The van der Waals surface area contributed by atoms with Crippen molar-refractivity contribution in [3.63, 3.8) is 0 Å². The van der Waals surface area contributed by atoms with Gasteiger partial charge in [0.1, 0.15) is 11.5 Å². The third-order valence-corrected chi connectivity index (χ3v) is 15.6. The van der Waals surface area contributed by atoms with E-state index in [2.05, 4.69) is 39.5 Å². The first-order valence-corrected chi connectivity index (χ1v) is 25.7. The molecule has 14 nitrogen and oxygen atoms in total. The van der Waals surface area contributed by atoms with E-state index in [1.54, 1.807) is 66.7 Å². The Hall–Kier alpha value is -6.01. The van der Waals surface area contributed by atoms with E-state index < -0.39 is 17.7 Å². The summed E-state index contributed by atoms with van der Waals surface area (Å²) in [4.78, 5) is 62.8. The molecule has 2 aromatic heterocycles. The Morgan fingerprint density at radius 3 is 1.97 bits per heavy atom. The summed E-state index contributed by atoms with van der Waals surface area (Å²) in [5.41, 5.74) is 0.614. The number of piperidine rings is 3. The molecule has 0 spiro atoms. The summed E-state index contributed by atoms with van der Waals surface area (Å²) in [6.45, 7) is 6.67. The number of aromatic hydroxyl groups is 1. The standard InChI is InChI=1S/C56H63N5O9S.H2S/c62-47-16-14-45(46-15-19-51(64)58-52(46)47)48(63)34-57-33-38-22-28-60(29-23-38)53(65)49-17-18-50(71-49)54(66)61-30-24-41(25-31-61)36-69-44-13-7-12-43(32-44)56(68,42-10-5-2-6-11-42)55(67)70-37-40-20-26-59(27-21-40)35-39-8-3-1-4-9-39;/h1-19,32,38,40-41,48,57,62-63,68H,20-31,33-37H2,(H,58,64);1H2/t48-,56-;/m0./s1. The maximum atomic E-state index is 14.0. The molecule has 3 aliphatic heterocycles. The molecular weight excluding hydrogens is 951 g/mol. The Morgan fingerprint density at radius 2 is 1.31 bits per heavy atom. The highest BCUT2D eigenvalue weighted by atomic mass is 32.1. The number of nitrogens with zero attached hydrogens (tertiary/aromatic N) is 3. The number of hydrogen-bond acceptors (Lipinski definition) is 12. The number of carbonyl (C=O) groups is 3. The lowest BCUT2D eigenvalue weighted by Crippen LogP contribution is -2.41. The van der Waals surface area contributed by atoms with Gasteiger partial charge in [-0.25, -0.2) is 4.79 Å². The topological polar surface area (TPSA) is 185 Å². The monoisotopic (exact) mass is 1020 g/mol. The lowest BCUT2D eigenvalue weighted by atomic mass is 9.86. The molecule has 0 bridgehead atoms. The van der Waals surface area contributed by atoms with Crippen LogP contribution in [0.4, 0.5) is 0 Å². The zero-order chi connectivity index (χ0) is 49.3. The van der Waals surface area contributed by atoms with Gasteiger partial charge in [0.15, 0.2) is 0 Å². The summed E-state index contributed by atoms with van der Waals surface area (Å²) in [6.07, 6.45) is 4.07. The van der Waals surface area contributed by atoms with Crippen molar-refractivity contribution in [2.75, 3.05) is 65.6 Å². The number of aromatic nitrogens is 1. The number of rotatable bonds is 17. The second-order valence-corrected chi connectivity index (χ2v) is 20.4. The summed E-state index contributed by atoms with van der Waals surface area (Å²) >= 11 is 1.24. The van der Waals surface area contributed by atoms with E-state index in [1.807, 2.05) is 28.0 Å². The number of ether oxygens (including phenoxy) is 2. The predicted molar refractivity (Wildman–Crippen MR) is 283 cm³/mol. The van der Waals surface area contributed by atoms with Crippen LogP contribution in [0.2, 0.25) is 0 Å². The van der Waals surface area contributed by atoms with E-state index in [4.69, 9.17) is 9.47 Å². The van der Waals surface area contributed by atoms with Gasteiger partial charge in [-0.05, 0) is 129 Å². The number of aromatic amines is 1. The van der Waals surface area contributed by atoms with Crippen LogP contribution in [0.1, 0.15) is 86.2 Å². The molecule has 0 radical (unpaired) electrons. The van der Waals surface area contributed by atoms with Crippen LogP contribution >= 0.6 is 24.8 Å². The normalized spacial score (nSPS) is 17.5. The lowest BCUT2D eigenvalue weighted by molar-refractivity contribution is -0.164. The number of phenolic OH excluding ortho intramolecular Hbond substituents is 1. The van der Waals surface area contributed by atoms with Crippen molar-refractivity contribution in [2.24, 2.45) is 17.8 Å². The Labute approximate surface area is 431 Å². The summed E-state index contributed by atoms with van der Waals surface area (Å²) in [5.74, 6) is 0.333. The maximum absolute atomic E-state index is 14.0. The number of esters is 1. The molecule has 3 aliphatic rings. The highest BCUT2D eigenvalue weighted by molar-refractivity contribution is 7.59. The van der Waals surface area contributed by atoms with Gasteiger partial charge in [-0.1, -0.05) is 78.9 Å². The van der Waals surface area contributed by atoms with Gasteiger partial charge in [0.05, 0.1) is 34.6 Å². The molecule has 4 aromatic carbocycles. The van der Waals surface area contributed by atoms with Crippen molar-refractivity contribution in [1.29, 1.82) is 0 Å². The maximum Gasteiger partial charge on any atom is 0.347 e. The van der Waals surface area contributed by atoms with Crippen LogP contribution in [0.5, 0.6) is 11.5 Å². The van der Waals surface area contributed by atoms with Gasteiger partial charge in [-0.2, -0.15) is 13.5 Å². The number of phenols is 1. The van der Waals surface area contributed by atoms with Crippen molar-refractivity contribution in [3.8, 4) is 11.5 Å². The van der Waals surface area contributed by atoms with E-state index in [9.17, 15) is 34.5 Å². The number of fused-ring (bicyclic) bond motifs is 1. The van der Waals surface area contributed by atoms with Crippen molar-refractivity contribution in [3.05, 3.63) is 164 Å². The quantitative estimate of drug-likeness (QED) is 0.0582. The van der Waals surface area contributed by atoms with Gasteiger partial charge in [0.2, 0.25) is 11.2 Å². The second-order valence-electron chi connectivity index (χ2n) is 19.3. The average molecular weight is 1020 g/mol. The molecule has 0 aliphatic carbocycles. The molecule has 16 heteroatoms. The van der Waals surface area contributed by atoms with Gasteiger partial charge in [-0.3, -0.25) is 19.3 Å². The number of amides is 2. The van der Waals surface area contributed by atoms with E-state index in [0.717, 1.165) is 58.2 Å². The first kappa shape index (κ1) is 52.3. The first-order valence-electron chi connectivity index (χ1n) is 24.9. The van der Waals surface area contributed by atoms with Crippen LogP contribution in [0.3, 0.4) is 0 Å². The van der Waals surface area contributed by atoms with Crippen LogP contribution in [-0.4, -0.2) is 118 Å². The predicted octanol–water partition coefficient (Wildman–Crippen LogP) is 7.21. The molecular formula is C56H65N5O9S2. The minimum Gasteiger partial charge on any atom is -0.506 e. The van der Waals surface area contributed by atoms with Gasteiger partial charge in [0, 0.05) is 56.3 Å². The van der Waals surface area contributed by atoms with Crippen LogP contribution in [0, 0.1) is 17.8 Å². The molecule has 380 valence electrons. The smallest absolute Gasteiger partial charge is 0.347 e. The minimum absolute atomic E-state index is 0. The molecule has 3 saturated heterocycles. The number of hydrogen-bond donors (Lipinski definition) is 5. The van der Waals surface area contributed by atoms with Gasteiger partial charge < -0.3 is 44.9 Å². The minimum atomic E-state index is -2.03. The van der Waals surface area contributed by atoms with Gasteiger partial charge >= 0.3 is 5.97 Å². The second kappa shape index (κ2) is 24.1. The Kier molecular flexibility index (Phi) is 17.5. The fourth-order valence-corrected chi connectivity index (χ4v) is 11.1. The molecule has 72 heavy (non-hydrogen) atoms. The van der Waals surface area contributed by atoms with Crippen molar-refractivity contribution >= 4 is 53.5 Å².